The molecule has 0 spiro atoms. The molecule has 70 valence electrons. The molecule has 12 heavy (non-hydrogen) atoms. The molecule has 0 aromatic rings. The van der Waals surface area contributed by atoms with Crippen LogP contribution in [0.2, 0.25) is 0 Å². The van der Waals surface area contributed by atoms with Crippen LogP contribution in [0.1, 0.15) is 39.0 Å². The highest BCUT2D eigenvalue weighted by Gasteiger charge is 1.97. The predicted molar refractivity (Wildman–Crippen MR) is 57.8 cm³/mol. The highest BCUT2D eigenvalue weighted by atomic mass is 35.5. The number of rotatable bonds is 7. The summed E-state index contributed by atoms with van der Waals surface area (Å²) in [4.78, 5) is 0. The number of halogens is 1. The Kier molecular flexibility index (Phi) is 7.28. The summed E-state index contributed by atoms with van der Waals surface area (Å²) < 4.78 is 0. The van der Waals surface area contributed by atoms with Gasteiger partial charge < -0.3 is 0 Å². The summed E-state index contributed by atoms with van der Waals surface area (Å²) in [5.41, 5.74) is 2.58. The van der Waals surface area contributed by atoms with Crippen molar-refractivity contribution in [3.63, 3.8) is 0 Å². The smallest absolute Gasteiger partial charge is 0.0226 e. The molecule has 0 radical (unpaired) electrons. The van der Waals surface area contributed by atoms with Gasteiger partial charge in [0.25, 0.3) is 0 Å². The van der Waals surface area contributed by atoms with Crippen molar-refractivity contribution in [1.82, 2.24) is 0 Å². The van der Waals surface area contributed by atoms with Crippen LogP contribution >= 0.6 is 11.6 Å². The Hall–Kier alpha value is -0.230. The van der Waals surface area contributed by atoms with Crippen molar-refractivity contribution in [3.05, 3.63) is 24.3 Å². The van der Waals surface area contributed by atoms with Crippen LogP contribution in [0.4, 0.5) is 0 Å². The standard InChI is InChI=1S/C11H19Cl/c1-4-6-10(2)9-11(3)7-5-8-12/h2-9H2,1H3. The average molecular weight is 187 g/mol. The third kappa shape index (κ3) is 6.48. The van der Waals surface area contributed by atoms with Gasteiger partial charge in [-0.05, 0) is 25.7 Å². The van der Waals surface area contributed by atoms with Gasteiger partial charge in [-0.2, -0.15) is 0 Å². The number of allylic oxidation sites excluding steroid dienone is 2. The minimum absolute atomic E-state index is 0.735. The van der Waals surface area contributed by atoms with Gasteiger partial charge in [0.05, 0.1) is 0 Å². The Morgan fingerprint density at radius 1 is 1.17 bits per heavy atom. The normalized spacial score (nSPS) is 9.83. The van der Waals surface area contributed by atoms with E-state index in [1.165, 1.54) is 17.6 Å². The van der Waals surface area contributed by atoms with Crippen molar-refractivity contribution < 1.29 is 0 Å². The first-order valence-electron chi connectivity index (χ1n) is 4.60. The first-order valence-corrected chi connectivity index (χ1v) is 5.13. The summed E-state index contributed by atoms with van der Waals surface area (Å²) in [7, 11) is 0. The maximum atomic E-state index is 5.58. The lowest BCUT2D eigenvalue weighted by atomic mass is 10.0. The molecule has 0 saturated carbocycles. The molecule has 0 aromatic carbocycles. The van der Waals surface area contributed by atoms with E-state index in [9.17, 15) is 0 Å². The summed E-state index contributed by atoms with van der Waals surface area (Å²) in [6.45, 7) is 10.2. The first kappa shape index (κ1) is 11.8. The van der Waals surface area contributed by atoms with E-state index in [0.717, 1.165) is 31.6 Å². The highest BCUT2D eigenvalue weighted by Crippen LogP contribution is 2.16. The summed E-state index contributed by atoms with van der Waals surface area (Å²) in [5, 5.41) is 0. The molecule has 0 unspecified atom stereocenters. The maximum Gasteiger partial charge on any atom is 0.0226 e. The molecule has 0 aliphatic carbocycles. The van der Waals surface area contributed by atoms with Crippen LogP contribution in [0.5, 0.6) is 0 Å². The molecular formula is C11H19Cl. The van der Waals surface area contributed by atoms with E-state index in [0.29, 0.717) is 0 Å². The zero-order valence-electron chi connectivity index (χ0n) is 8.03. The molecule has 0 fully saturated rings. The minimum atomic E-state index is 0.735. The van der Waals surface area contributed by atoms with Gasteiger partial charge in [-0.15, -0.1) is 11.6 Å². The van der Waals surface area contributed by atoms with Crippen LogP contribution in [-0.2, 0) is 0 Å². The van der Waals surface area contributed by atoms with Gasteiger partial charge in [0.1, 0.15) is 0 Å². The lowest BCUT2D eigenvalue weighted by molar-refractivity contribution is 0.825. The van der Waals surface area contributed by atoms with E-state index < -0.39 is 0 Å². The zero-order chi connectivity index (χ0) is 9.40. The molecule has 0 aliphatic rings. The third-order valence-electron chi connectivity index (χ3n) is 1.77. The van der Waals surface area contributed by atoms with E-state index in [2.05, 4.69) is 20.1 Å². The van der Waals surface area contributed by atoms with E-state index >= 15 is 0 Å². The lowest BCUT2D eigenvalue weighted by Gasteiger charge is -2.06. The van der Waals surface area contributed by atoms with E-state index in [-0.39, 0.29) is 0 Å². The number of alkyl halides is 1. The summed E-state index contributed by atoms with van der Waals surface area (Å²) in [5.74, 6) is 0.735. The Bertz CT molecular complexity index is 147. The lowest BCUT2D eigenvalue weighted by Crippen LogP contribution is -1.87. The minimum Gasteiger partial charge on any atom is -0.127 e. The fourth-order valence-electron chi connectivity index (χ4n) is 1.20. The highest BCUT2D eigenvalue weighted by molar-refractivity contribution is 6.17. The SMILES string of the molecule is C=C(CCC)CC(=C)CCCCl. The molecule has 1 heteroatoms. The summed E-state index contributed by atoms with van der Waals surface area (Å²) >= 11 is 5.58. The second kappa shape index (κ2) is 7.42. The van der Waals surface area contributed by atoms with Crippen molar-refractivity contribution in [3.8, 4) is 0 Å². The van der Waals surface area contributed by atoms with Gasteiger partial charge in [-0.3, -0.25) is 0 Å². The Morgan fingerprint density at radius 3 is 2.25 bits per heavy atom. The van der Waals surface area contributed by atoms with Gasteiger partial charge in [0, 0.05) is 5.88 Å². The zero-order valence-corrected chi connectivity index (χ0v) is 8.79. The van der Waals surface area contributed by atoms with Crippen LogP contribution in [0.15, 0.2) is 24.3 Å². The van der Waals surface area contributed by atoms with Crippen LogP contribution in [0, 0.1) is 0 Å². The van der Waals surface area contributed by atoms with Crippen molar-refractivity contribution in [2.45, 2.75) is 39.0 Å². The monoisotopic (exact) mass is 186 g/mol. The molecule has 0 atom stereocenters. The third-order valence-corrected chi connectivity index (χ3v) is 2.03. The quantitative estimate of drug-likeness (QED) is 0.411. The number of hydrogen-bond acceptors (Lipinski definition) is 0. The molecule has 0 amide bonds. The van der Waals surface area contributed by atoms with Gasteiger partial charge in [-0.25, -0.2) is 0 Å². The summed E-state index contributed by atoms with van der Waals surface area (Å²) in [6, 6.07) is 0. The molecule has 0 aromatic heterocycles. The van der Waals surface area contributed by atoms with E-state index in [4.69, 9.17) is 11.6 Å². The molecule has 0 heterocycles. The number of hydrogen-bond donors (Lipinski definition) is 0. The fourth-order valence-corrected chi connectivity index (χ4v) is 1.33. The van der Waals surface area contributed by atoms with E-state index in [1.807, 2.05) is 0 Å². The Balaban J connectivity index is 3.47. The van der Waals surface area contributed by atoms with Crippen molar-refractivity contribution in [2.24, 2.45) is 0 Å². The molecule has 0 aliphatic heterocycles. The van der Waals surface area contributed by atoms with Crippen molar-refractivity contribution in [1.29, 1.82) is 0 Å². The second-order valence-electron chi connectivity index (χ2n) is 3.22. The van der Waals surface area contributed by atoms with Crippen LogP contribution in [-0.4, -0.2) is 5.88 Å². The topological polar surface area (TPSA) is 0 Å². The second-order valence-corrected chi connectivity index (χ2v) is 3.60. The van der Waals surface area contributed by atoms with Crippen molar-refractivity contribution in [2.75, 3.05) is 5.88 Å². The molecule has 0 saturated heterocycles. The van der Waals surface area contributed by atoms with Crippen LogP contribution in [0.3, 0.4) is 0 Å². The maximum absolute atomic E-state index is 5.58. The van der Waals surface area contributed by atoms with Gasteiger partial charge in [-0.1, -0.05) is 37.6 Å². The van der Waals surface area contributed by atoms with Gasteiger partial charge in [0.15, 0.2) is 0 Å². The first-order chi connectivity index (χ1) is 5.70. The molecule has 0 nitrogen and oxygen atoms in total. The molecular weight excluding hydrogens is 168 g/mol. The van der Waals surface area contributed by atoms with Gasteiger partial charge >= 0.3 is 0 Å². The van der Waals surface area contributed by atoms with E-state index in [1.54, 1.807) is 0 Å². The predicted octanol–water partition coefficient (Wildman–Crippen LogP) is 4.31. The Labute approximate surface area is 81.3 Å². The average Bonchev–Trinajstić information content (AvgIpc) is 2.01. The largest absolute Gasteiger partial charge is 0.127 e. The molecule has 0 bridgehead atoms. The van der Waals surface area contributed by atoms with Crippen LogP contribution < -0.4 is 0 Å². The van der Waals surface area contributed by atoms with Crippen molar-refractivity contribution >= 4 is 11.6 Å². The van der Waals surface area contributed by atoms with Gasteiger partial charge in [0.2, 0.25) is 0 Å². The Morgan fingerprint density at radius 2 is 1.75 bits per heavy atom. The molecule has 0 rings (SSSR count). The summed E-state index contributed by atoms with van der Waals surface area (Å²) in [6.07, 6.45) is 5.39. The molecule has 0 N–H and O–H groups in total. The fraction of sp³-hybridized carbons (Fsp3) is 0.636. The van der Waals surface area contributed by atoms with Crippen LogP contribution in [0.25, 0.3) is 0 Å².